The molecule has 0 aliphatic carbocycles. The number of rotatable bonds is 4. The van der Waals surface area contributed by atoms with Crippen LogP contribution in [0.25, 0.3) is 0 Å². The first-order valence-corrected chi connectivity index (χ1v) is 8.22. The summed E-state index contributed by atoms with van der Waals surface area (Å²) in [6, 6.07) is 5.55. The average Bonchev–Trinajstić information content (AvgIpc) is 2.70. The fourth-order valence-corrected chi connectivity index (χ4v) is 4.14. The summed E-state index contributed by atoms with van der Waals surface area (Å²) in [5.74, 6) is 0.0661. The van der Waals surface area contributed by atoms with Crippen molar-refractivity contribution in [3.8, 4) is 5.75 Å². The normalized spacial score (nSPS) is 21.7. The first kappa shape index (κ1) is 16.1. The van der Waals surface area contributed by atoms with E-state index in [4.69, 9.17) is 0 Å². The Morgan fingerprint density at radius 3 is 2.38 bits per heavy atom. The number of hydrogen-bond acceptors (Lipinski definition) is 4. The number of halogens is 3. The minimum absolute atomic E-state index is 0.0406. The van der Waals surface area contributed by atoms with Crippen LogP contribution in [0.15, 0.2) is 24.3 Å². The van der Waals surface area contributed by atoms with E-state index in [9.17, 15) is 21.6 Å². The van der Waals surface area contributed by atoms with Crippen LogP contribution in [0.3, 0.4) is 0 Å². The van der Waals surface area contributed by atoms with Crippen LogP contribution in [0.4, 0.5) is 13.2 Å². The van der Waals surface area contributed by atoms with Crippen LogP contribution in [-0.2, 0) is 16.4 Å². The van der Waals surface area contributed by atoms with E-state index in [1.165, 1.54) is 12.1 Å². The lowest BCUT2D eigenvalue weighted by atomic mass is 10.1. The van der Waals surface area contributed by atoms with E-state index >= 15 is 0 Å². The Labute approximate surface area is 121 Å². The number of nitrogens with zero attached hydrogens (tertiary/aromatic N) is 1. The topological polar surface area (TPSA) is 46.6 Å². The van der Waals surface area contributed by atoms with Crippen LogP contribution in [0, 0.1) is 0 Å². The van der Waals surface area contributed by atoms with Crippen molar-refractivity contribution in [2.24, 2.45) is 0 Å². The van der Waals surface area contributed by atoms with E-state index in [2.05, 4.69) is 4.74 Å². The van der Waals surface area contributed by atoms with Crippen LogP contribution in [0.2, 0.25) is 0 Å². The average molecular weight is 323 g/mol. The fourth-order valence-electron chi connectivity index (χ4n) is 2.34. The van der Waals surface area contributed by atoms with Gasteiger partial charge in [-0.3, -0.25) is 4.90 Å². The molecule has 0 saturated carbocycles. The van der Waals surface area contributed by atoms with Gasteiger partial charge in [0.2, 0.25) is 0 Å². The van der Waals surface area contributed by atoms with Crippen molar-refractivity contribution in [2.45, 2.75) is 25.4 Å². The Hall–Kier alpha value is -1.28. The number of benzene rings is 1. The van der Waals surface area contributed by atoms with Gasteiger partial charge in [0.25, 0.3) is 0 Å². The van der Waals surface area contributed by atoms with Crippen molar-refractivity contribution in [1.29, 1.82) is 0 Å². The van der Waals surface area contributed by atoms with E-state index in [1.54, 1.807) is 12.1 Å². The first-order valence-electron chi connectivity index (χ1n) is 6.40. The van der Waals surface area contributed by atoms with Crippen molar-refractivity contribution < 1.29 is 26.3 Å². The zero-order valence-corrected chi connectivity index (χ0v) is 12.2. The molecule has 1 fully saturated rings. The predicted molar refractivity (Wildman–Crippen MR) is 71.7 cm³/mol. The van der Waals surface area contributed by atoms with Gasteiger partial charge in [-0.25, -0.2) is 8.42 Å². The second-order valence-corrected chi connectivity index (χ2v) is 7.39. The van der Waals surface area contributed by atoms with Gasteiger partial charge in [-0.05, 0) is 31.2 Å². The van der Waals surface area contributed by atoms with Gasteiger partial charge < -0.3 is 4.74 Å². The van der Waals surface area contributed by atoms with Crippen molar-refractivity contribution >= 4 is 9.84 Å². The van der Waals surface area contributed by atoms with Crippen molar-refractivity contribution in [2.75, 3.05) is 18.6 Å². The zero-order chi connectivity index (χ0) is 15.7. The monoisotopic (exact) mass is 323 g/mol. The van der Waals surface area contributed by atoms with E-state index in [0.29, 0.717) is 13.0 Å². The SMILES string of the molecule is CN(Cc1ccc(OC(F)(F)F)cc1)C1CCS(=O)(=O)C1. The molecule has 4 nitrogen and oxygen atoms in total. The summed E-state index contributed by atoms with van der Waals surface area (Å²) >= 11 is 0. The van der Waals surface area contributed by atoms with E-state index in [-0.39, 0.29) is 23.3 Å². The Balaban J connectivity index is 1.94. The number of sulfone groups is 1. The van der Waals surface area contributed by atoms with Gasteiger partial charge >= 0.3 is 6.36 Å². The van der Waals surface area contributed by atoms with Gasteiger partial charge in [0, 0.05) is 12.6 Å². The smallest absolute Gasteiger partial charge is 0.406 e. The lowest BCUT2D eigenvalue weighted by Gasteiger charge is -2.23. The molecule has 1 atom stereocenters. The Morgan fingerprint density at radius 1 is 1.29 bits per heavy atom. The van der Waals surface area contributed by atoms with Gasteiger partial charge in [-0.1, -0.05) is 12.1 Å². The highest BCUT2D eigenvalue weighted by Crippen LogP contribution is 2.24. The van der Waals surface area contributed by atoms with Crippen LogP contribution in [-0.4, -0.2) is 44.3 Å². The van der Waals surface area contributed by atoms with Crippen molar-refractivity contribution in [3.05, 3.63) is 29.8 Å². The molecule has 1 heterocycles. The molecule has 1 aromatic carbocycles. The highest BCUT2D eigenvalue weighted by molar-refractivity contribution is 7.91. The molecule has 0 spiro atoms. The third-order valence-electron chi connectivity index (χ3n) is 3.42. The van der Waals surface area contributed by atoms with Crippen LogP contribution in [0.5, 0.6) is 5.75 Å². The third-order valence-corrected chi connectivity index (χ3v) is 5.17. The molecular weight excluding hydrogens is 307 g/mol. The molecule has 1 aromatic rings. The zero-order valence-electron chi connectivity index (χ0n) is 11.4. The van der Waals surface area contributed by atoms with Gasteiger partial charge in [0.05, 0.1) is 11.5 Å². The van der Waals surface area contributed by atoms with E-state index in [0.717, 1.165) is 5.56 Å². The highest BCUT2D eigenvalue weighted by Gasteiger charge is 2.31. The molecule has 21 heavy (non-hydrogen) atoms. The number of alkyl halides is 3. The molecule has 1 saturated heterocycles. The molecule has 0 aromatic heterocycles. The summed E-state index contributed by atoms with van der Waals surface area (Å²) in [5.41, 5.74) is 0.802. The molecule has 0 bridgehead atoms. The minimum atomic E-state index is -4.70. The van der Waals surface area contributed by atoms with Crippen molar-refractivity contribution in [3.63, 3.8) is 0 Å². The first-order chi connectivity index (χ1) is 9.65. The van der Waals surface area contributed by atoms with Crippen LogP contribution in [0.1, 0.15) is 12.0 Å². The molecule has 1 aliphatic heterocycles. The second kappa shape index (κ2) is 5.84. The van der Waals surface area contributed by atoms with Gasteiger partial charge in [0.1, 0.15) is 5.75 Å². The van der Waals surface area contributed by atoms with E-state index in [1.807, 2.05) is 11.9 Å². The summed E-state index contributed by atoms with van der Waals surface area (Å²) in [6.07, 6.45) is -4.11. The molecular formula is C13H16F3NO3S. The summed E-state index contributed by atoms with van der Waals surface area (Å²) < 4.78 is 62.8. The maximum absolute atomic E-state index is 12.0. The molecule has 0 amide bonds. The lowest BCUT2D eigenvalue weighted by molar-refractivity contribution is -0.274. The molecule has 2 rings (SSSR count). The Morgan fingerprint density at radius 2 is 1.90 bits per heavy atom. The van der Waals surface area contributed by atoms with Gasteiger partial charge in [0.15, 0.2) is 9.84 Å². The van der Waals surface area contributed by atoms with Crippen LogP contribution >= 0.6 is 0 Å². The molecule has 1 unspecified atom stereocenters. The van der Waals surface area contributed by atoms with Gasteiger partial charge in [-0.2, -0.15) is 0 Å². The molecule has 8 heteroatoms. The summed E-state index contributed by atoms with van der Waals surface area (Å²) in [5, 5.41) is 0. The fraction of sp³-hybridized carbons (Fsp3) is 0.538. The largest absolute Gasteiger partial charge is 0.573 e. The predicted octanol–water partition coefficient (Wildman–Crippen LogP) is 2.20. The summed E-state index contributed by atoms with van der Waals surface area (Å²) in [4.78, 5) is 1.91. The maximum Gasteiger partial charge on any atom is 0.573 e. The van der Waals surface area contributed by atoms with E-state index < -0.39 is 16.2 Å². The third kappa shape index (κ3) is 4.89. The maximum atomic E-state index is 12.0. The second-order valence-electron chi connectivity index (χ2n) is 5.16. The molecule has 1 aliphatic rings. The summed E-state index contributed by atoms with van der Waals surface area (Å²) in [7, 11) is -1.14. The standard InChI is InChI=1S/C13H16F3NO3S/c1-17(11-6-7-21(18,19)9-11)8-10-2-4-12(5-3-10)20-13(14,15)16/h2-5,11H,6-9H2,1H3. The molecule has 118 valence electrons. The van der Waals surface area contributed by atoms with Gasteiger partial charge in [-0.15, -0.1) is 13.2 Å². The Kier molecular flexibility index (Phi) is 4.48. The quantitative estimate of drug-likeness (QED) is 0.852. The van der Waals surface area contributed by atoms with Crippen molar-refractivity contribution in [1.82, 2.24) is 4.90 Å². The number of hydrogen-bond donors (Lipinski definition) is 0. The molecule has 0 N–H and O–H groups in total. The number of ether oxygens (including phenoxy) is 1. The molecule has 0 radical (unpaired) electrons. The lowest BCUT2D eigenvalue weighted by Crippen LogP contribution is -2.32. The Bertz CT molecular complexity index is 584. The highest BCUT2D eigenvalue weighted by atomic mass is 32.2. The van der Waals surface area contributed by atoms with Crippen LogP contribution < -0.4 is 4.74 Å². The minimum Gasteiger partial charge on any atom is -0.406 e. The summed E-state index contributed by atoms with van der Waals surface area (Å²) in [6.45, 7) is 0.479.